The van der Waals surface area contributed by atoms with Crippen LogP contribution in [0, 0.1) is 6.92 Å². The van der Waals surface area contributed by atoms with Crippen LogP contribution in [0.15, 0.2) is 84.9 Å². The molecular weight excluding hydrogens is 470 g/mol. The topological polar surface area (TPSA) is 48.6 Å². The summed E-state index contributed by atoms with van der Waals surface area (Å²) < 4.78 is 5.54. The van der Waals surface area contributed by atoms with Crippen molar-refractivity contribution < 1.29 is 9.53 Å². The largest absolute Gasteiger partial charge is 0.495 e. The lowest BCUT2D eigenvalue weighted by Gasteiger charge is -2.36. The molecule has 1 saturated heterocycles. The third-order valence-corrected chi connectivity index (χ3v) is 7.75. The van der Waals surface area contributed by atoms with E-state index in [2.05, 4.69) is 83.5 Å². The number of aromatic amines is 1. The van der Waals surface area contributed by atoms with E-state index < -0.39 is 0 Å². The predicted octanol–water partition coefficient (Wildman–Crippen LogP) is 6.59. The van der Waals surface area contributed by atoms with Gasteiger partial charge in [-0.3, -0.25) is 4.79 Å². The van der Waals surface area contributed by atoms with Gasteiger partial charge >= 0.3 is 0 Å². The maximum Gasteiger partial charge on any atom is 0.223 e. The minimum atomic E-state index is 0.219. The summed E-state index contributed by atoms with van der Waals surface area (Å²) in [5.74, 6) is 1.10. The molecule has 0 spiro atoms. The molecule has 6 rings (SSSR count). The van der Waals surface area contributed by atoms with Gasteiger partial charge < -0.3 is 19.5 Å². The van der Waals surface area contributed by atoms with E-state index in [1.807, 2.05) is 23.1 Å². The van der Waals surface area contributed by atoms with Crippen molar-refractivity contribution in [3.8, 4) is 17.0 Å². The van der Waals surface area contributed by atoms with E-state index in [9.17, 15) is 4.79 Å². The Kier molecular flexibility index (Phi) is 6.50. The normalized spacial score (nSPS) is 13.8. The highest BCUT2D eigenvalue weighted by Crippen LogP contribution is 2.34. The van der Waals surface area contributed by atoms with Gasteiger partial charge in [0, 0.05) is 49.2 Å². The summed E-state index contributed by atoms with van der Waals surface area (Å²) in [4.78, 5) is 21.3. The molecule has 1 fully saturated rings. The second kappa shape index (κ2) is 10.3. The average Bonchev–Trinajstić information content (AvgIpc) is 3.33. The Hall–Kier alpha value is -4.25. The van der Waals surface area contributed by atoms with Crippen molar-refractivity contribution >= 4 is 33.3 Å². The molecule has 0 unspecified atom stereocenters. The number of nitrogens with one attached hydrogen (secondary N) is 1. The van der Waals surface area contributed by atoms with Gasteiger partial charge in [-0.1, -0.05) is 60.2 Å². The number of carbonyl (C=O) groups is 1. The number of ether oxygens (including phenoxy) is 1. The van der Waals surface area contributed by atoms with Crippen molar-refractivity contribution in [2.75, 3.05) is 38.2 Å². The Bertz CT molecular complexity index is 1610. The maximum atomic E-state index is 13.4. The van der Waals surface area contributed by atoms with Crippen LogP contribution in [-0.2, 0) is 11.2 Å². The molecule has 2 heterocycles. The monoisotopic (exact) mass is 503 g/mol. The van der Waals surface area contributed by atoms with Gasteiger partial charge in [0.15, 0.2) is 0 Å². The number of H-pyrrole nitrogens is 1. The molecule has 1 aliphatic rings. The molecule has 5 heteroatoms. The number of piperazine rings is 1. The summed E-state index contributed by atoms with van der Waals surface area (Å²) in [6.45, 7) is 5.18. The first-order valence-electron chi connectivity index (χ1n) is 13.4. The lowest BCUT2D eigenvalue weighted by atomic mass is 9.98. The molecule has 1 N–H and O–H groups in total. The van der Waals surface area contributed by atoms with Gasteiger partial charge in [0.05, 0.1) is 12.8 Å². The number of aryl methyl sites for hydroxylation is 2. The quantitative estimate of drug-likeness (QED) is 0.285. The molecule has 0 atom stereocenters. The van der Waals surface area contributed by atoms with Gasteiger partial charge in [0.25, 0.3) is 0 Å². The van der Waals surface area contributed by atoms with Gasteiger partial charge in [0.1, 0.15) is 5.75 Å². The highest BCUT2D eigenvalue weighted by Gasteiger charge is 2.23. The number of fused-ring (bicyclic) bond motifs is 2. The standard InChI is InChI=1S/C33H33N3O2/c1-23-11-15-29-28(21-23)27(33(34-29)26-13-12-24-7-3-4-8-25(24)22-26)14-16-32(37)36-19-17-35(18-20-36)30-9-5-6-10-31(30)38-2/h3-13,15,21-22,34H,14,16-20H2,1-2H3. The molecule has 38 heavy (non-hydrogen) atoms. The molecule has 1 aliphatic heterocycles. The number of para-hydroxylation sites is 2. The molecular formula is C33H33N3O2. The van der Waals surface area contributed by atoms with E-state index in [1.54, 1.807) is 7.11 Å². The summed E-state index contributed by atoms with van der Waals surface area (Å²) in [6.07, 6.45) is 1.20. The van der Waals surface area contributed by atoms with Gasteiger partial charge in [-0.2, -0.15) is 0 Å². The summed E-state index contributed by atoms with van der Waals surface area (Å²) in [5.41, 5.74) is 6.93. The number of hydrogen-bond acceptors (Lipinski definition) is 3. The van der Waals surface area contributed by atoms with Crippen LogP contribution >= 0.6 is 0 Å². The van der Waals surface area contributed by atoms with Gasteiger partial charge in [0.2, 0.25) is 5.91 Å². The van der Waals surface area contributed by atoms with Crippen LogP contribution in [0.5, 0.6) is 5.75 Å². The highest BCUT2D eigenvalue weighted by molar-refractivity contribution is 5.94. The third kappa shape index (κ3) is 4.60. The van der Waals surface area contributed by atoms with E-state index in [4.69, 9.17) is 4.74 Å². The van der Waals surface area contributed by atoms with Crippen molar-refractivity contribution in [1.29, 1.82) is 0 Å². The molecule has 192 valence electrons. The smallest absolute Gasteiger partial charge is 0.223 e. The number of methoxy groups -OCH3 is 1. The number of hydrogen-bond donors (Lipinski definition) is 1. The van der Waals surface area contributed by atoms with Crippen LogP contribution < -0.4 is 9.64 Å². The number of aromatic nitrogens is 1. The SMILES string of the molecule is COc1ccccc1N1CCN(C(=O)CCc2c(-c3ccc4ccccc4c3)[nH]c3ccc(C)cc23)CC1. The first-order chi connectivity index (χ1) is 18.6. The maximum absolute atomic E-state index is 13.4. The fraction of sp³-hybridized carbons (Fsp3) is 0.242. The Morgan fingerprint density at radius 2 is 1.63 bits per heavy atom. The van der Waals surface area contributed by atoms with Crippen LogP contribution in [0.25, 0.3) is 32.9 Å². The van der Waals surface area contributed by atoms with Crippen LogP contribution in [0.4, 0.5) is 5.69 Å². The first-order valence-corrected chi connectivity index (χ1v) is 13.4. The fourth-order valence-corrected chi connectivity index (χ4v) is 5.69. The Morgan fingerprint density at radius 1 is 0.868 bits per heavy atom. The van der Waals surface area contributed by atoms with Crippen molar-refractivity contribution in [2.24, 2.45) is 0 Å². The summed E-state index contributed by atoms with van der Waals surface area (Å²) in [6, 6.07) is 29.7. The average molecular weight is 504 g/mol. The Balaban J connectivity index is 1.21. The summed E-state index contributed by atoms with van der Waals surface area (Å²) in [5, 5.41) is 3.66. The van der Waals surface area contributed by atoms with Crippen LogP contribution in [0.1, 0.15) is 17.5 Å². The van der Waals surface area contributed by atoms with E-state index >= 15 is 0 Å². The van der Waals surface area contributed by atoms with Gasteiger partial charge in [-0.25, -0.2) is 0 Å². The second-order valence-electron chi connectivity index (χ2n) is 10.1. The van der Waals surface area contributed by atoms with Crippen LogP contribution in [0.3, 0.4) is 0 Å². The molecule has 0 saturated carbocycles. The van der Waals surface area contributed by atoms with Gasteiger partial charge in [-0.05, 0) is 65.6 Å². The molecule has 5 aromatic rings. The van der Waals surface area contributed by atoms with Crippen molar-refractivity contribution in [2.45, 2.75) is 19.8 Å². The number of rotatable bonds is 6. The molecule has 1 aromatic heterocycles. The number of nitrogens with zero attached hydrogens (tertiary/aromatic N) is 2. The second-order valence-corrected chi connectivity index (χ2v) is 10.1. The van der Waals surface area contributed by atoms with E-state index in [0.29, 0.717) is 12.8 Å². The molecule has 0 aliphatic carbocycles. The fourth-order valence-electron chi connectivity index (χ4n) is 5.69. The molecule has 5 nitrogen and oxygen atoms in total. The van der Waals surface area contributed by atoms with E-state index in [0.717, 1.165) is 54.4 Å². The predicted molar refractivity (Wildman–Crippen MR) is 156 cm³/mol. The molecule has 1 amide bonds. The van der Waals surface area contributed by atoms with E-state index in [-0.39, 0.29) is 5.91 Å². The zero-order valence-corrected chi connectivity index (χ0v) is 22.0. The molecule has 0 bridgehead atoms. The molecule has 4 aromatic carbocycles. The van der Waals surface area contributed by atoms with Crippen molar-refractivity contribution in [1.82, 2.24) is 9.88 Å². The number of benzene rings is 4. The number of amides is 1. The Morgan fingerprint density at radius 3 is 2.45 bits per heavy atom. The van der Waals surface area contributed by atoms with E-state index in [1.165, 1.54) is 27.3 Å². The lowest BCUT2D eigenvalue weighted by molar-refractivity contribution is -0.131. The van der Waals surface area contributed by atoms with Crippen molar-refractivity contribution in [3.63, 3.8) is 0 Å². The zero-order valence-electron chi connectivity index (χ0n) is 22.0. The highest BCUT2D eigenvalue weighted by atomic mass is 16.5. The first kappa shape index (κ1) is 24.1. The third-order valence-electron chi connectivity index (χ3n) is 7.75. The summed E-state index contributed by atoms with van der Waals surface area (Å²) in [7, 11) is 1.71. The number of carbonyl (C=O) groups excluding carboxylic acids is 1. The molecule has 0 radical (unpaired) electrons. The number of anilines is 1. The summed E-state index contributed by atoms with van der Waals surface area (Å²) >= 11 is 0. The minimum absolute atomic E-state index is 0.219. The lowest BCUT2D eigenvalue weighted by Crippen LogP contribution is -2.48. The van der Waals surface area contributed by atoms with Crippen LogP contribution in [0.2, 0.25) is 0 Å². The Labute approximate surface area is 223 Å². The van der Waals surface area contributed by atoms with Crippen molar-refractivity contribution in [3.05, 3.63) is 96.1 Å². The van der Waals surface area contributed by atoms with Crippen LogP contribution in [-0.4, -0.2) is 49.1 Å². The van der Waals surface area contributed by atoms with Gasteiger partial charge in [-0.15, -0.1) is 0 Å². The minimum Gasteiger partial charge on any atom is -0.495 e. The zero-order chi connectivity index (χ0) is 26.1.